The highest BCUT2D eigenvalue weighted by Gasteiger charge is 2.28. The van der Waals surface area contributed by atoms with Gasteiger partial charge in [-0.25, -0.2) is 13.1 Å². The molecule has 0 atom stereocenters. The number of hydrogen-bond acceptors (Lipinski definition) is 6. The first kappa shape index (κ1) is 19.4. The van der Waals surface area contributed by atoms with Gasteiger partial charge in [0, 0.05) is 13.1 Å². The molecule has 3 heterocycles. The SMILES string of the molecule is CC(C)(C)n1ncc2c(=O)[nH]c(NCc3cccc(N4CCCS4(=O)=O)c3)nc21. The standard InChI is InChI=1S/C19H24N6O3S/c1-19(2,3)25-16-15(12-21-25)17(26)23-18(22-16)20-11-13-6-4-7-14(10-13)24-8-5-9-29(24,27)28/h4,6-7,10,12H,5,8-9,11H2,1-3H3,(H2,20,22,23,26). The Morgan fingerprint density at radius 1 is 1.28 bits per heavy atom. The number of benzene rings is 1. The predicted octanol–water partition coefficient (Wildman–Crippen LogP) is 2.03. The summed E-state index contributed by atoms with van der Waals surface area (Å²) in [5, 5.41) is 7.86. The highest BCUT2D eigenvalue weighted by atomic mass is 32.2. The third kappa shape index (κ3) is 3.71. The van der Waals surface area contributed by atoms with Gasteiger partial charge in [-0.05, 0) is 44.9 Å². The molecule has 10 heteroatoms. The number of H-pyrrole nitrogens is 1. The third-order valence-corrected chi connectivity index (χ3v) is 6.70. The van der Waals surface area contributed by atoms with Crippen LogP contribution < -0.4 is 15.2 Å². The average molecular weight is 417 g/mol. The molecule has 2 N–H and O–H groups in total. The fourth-order valence-electron chi connectivity index (χ4n) is 3.43. The zero-order chi connectivity index (χ0) is 20.8. The van der Waals surface area contributed by atoms with Crippen molar-refractivity contribution in [3.8, 4) is 0 Å². The highest BCUT2D eigenvalue weighted by molar-refractivity contribution is 7.93. The Hall–Kier alpha value is -2.88. The smallest absolute Gasteiger partial charge is 0.263 e. The van der Waals surface area contributed by atoms with Crippen LogP contribution in [-0.4, -0.2) is 40.5 Å². The number of nitrogens with one attached hydrogen (secondary N) is 2. The molecular weight excluding hydrogens is 392 g/mol. The number of nitrogens with zero attached hydrogens (tertiary/aromatic N) is 4. The van der Waals surface area contributed by atoms with Gasteiger partial charge in [0.1, 0.15) is 5.39 Å². The van der Waals surface area contributed by atoms with Crippen molar-refractivity contribution in [2.75, 3.05) is 21.9 Å². The second kappa shape index (κ2) is 6.87. The van der Waals surface area contributed by atoms with Crippen molar-refractivity contribution in [2.45, 2.75) is 39.3 Å². The molecular formula is C19H24N6O3S. The van der Waals surface area contributed by atoms with E-state index in [1.165, 1.54) is 10.5 Å². The van der Waals surface area contributed by atoms with Gasteiger partial charge >= 0.3 is 0 Å². The number of fused-ring (bicyclic) bond motifs is 1. The first-order chi connectivity index (χ1) is 13.6. The predicted molar refractivity (Wildman–Crippen MR) is 113 cm³/mol. The lowest BCUT2D eigenvalue weighted by atomic mass is 10.1. The molecule has 1 fully saturated rings. The molecule has 0 aliphatic carbocycles. The Morgan fingerprint density at radius 3 is 2.76 bits per heavy atom. The van der Waals surface area contributed by atoms with Crippen molar-refractivity contribution in [3.05, 3.63) is 46.4 Å². The maximum atomic E-state index is 12.4. The zero-order valence-corrected chi connectivity index (χ0v) is 17.5. The molecule has 3 aromatic rings. The Balaban J connectivity index is 1.59. The maximum Gasteiger partial charge on any atom is 0.263 e. The van der Waals surface area contributed by atoms with Crippen LogP contribution in [0.4, 0.5) is 11.6 Å². The first-order valence-electron chi connectivity index (χ1n) is 9.47. The van der Waals surface area contributed by atoms with Crippen LogP contribution >= 0.6 is 0 Å². The lowest BCUT2D eigenvalue weighted by Crippen LogP contribution is -2.25. The van der Waals surface area contributed by atoms with Gasteiger partial charge in [-0.2, -0.15) is 10.1 Å². The highest BCUT2D eigenvalue weighted by Crippen LogP contribution is 2.25. The summed E-state index contributed by atoms with van der Waals surface area (Å²) in [5.74, 6) is 0.523. The summed E-state index contributed by atoms with van der Waals surface area (Å²) in [4.78, 5) is 19.6. The Kier molecular flexibility index (Phi) is 4.60. The maximum absolute atomic E-state index is 12.4. The van der Waals surface area contributed by atoms with E-state index in [9.17, 15) is 13.2 Å². The Labute approximate surface area is 168 Å². The van der Waals surface area contributed by atoms with Crippen molar-refractivity contribution in [1.29, 1.82) is 0 Å². The zero-order valence-electron chi connectivity index (χ0n) is 16.6. The molecule has 1 saturated heterocycles. The molecule has 0 bridgehead atoms. The molecule has 0 unspecified atom stereocenters. The van der Waals surface area contributed by atoms with Crippen molar-refractivity contribution in [1.82, 2.24) is 19.7 Å². The van der Waals surface area contributed by atoms with E-state index in [1.807, 2.05) is 39.0 Å². The molecule has 9 nitrogen and oxygen atoms in total. The molecule has 154 valence electrons. The van der Waals surface area contributed by atoms with E-state index in [0.29, 0.717) is 42.2 Å². The number of aromatic amines is 1. The van der Waals surface area contributed by atoms with Crippen molar-refractivity contribution >= 4 is 32.7 Å². The number of rotatable bonds is 4. The molecule has 4 rings (SSSR count). The molecule has 0 saturated carbocycles. The number of aromatic nitrogens is 4. The summed E-state index contributed by atoms with van der Waals surface area (Å²) in [5.41, 5.74) is 1.49. The lowest BCUT2D eigenvalue weighted by Gasteiger charge is -2.20. The van der Waals surface area contributed by atoms with Crippen LogP contribution in [-0.2, 0) is 22.1 Å². The van der Waals surface area contributed by atoms with E-state index in [0.717, 1.165) is 5.56 Å². The van der Waals surface area contributed by atoms with Crippen molar-refractivity contribution in [3.63, 3.8) is 0 Å². The summed E-state index contributed by atoms with van der Waals surface area (Å²) in [6, 6.07) is 7.36. The Bertz CT molecular complexity index is 1220. The molecule has 29 heavy (non-hydrogen) atoms. The minimum absolute atomic E-state index is 0.183. The summed E-state index contributed by atoms with van der Waals surface area (Å²) in [6.45, 7) is 6.87. The first-order valence-corrected chi connectivity index (χ1v) is 11.1. The Morgan fingerprint density at radius 2 is 2.07 bits per heavy atom. The van der Waals surface area contributed by atoms with Gasteiger partial charge in [-0.3, -0.25) is 14.1 Å². The van der Waals surface area contributed by atoms with E-state index in [-0.39, 0.29) is 16.9 Å². The largest absolute Gasteiger partial charge is 0.352 e. The molecule has 1 aliphatic rings. The van der Waals surface area contributed by atoms with Crippen LogP contribution in [0.5, 0.6) is 0 Å². The van der Waals surface area contributed by atoms with Crippen LogP contribution in [0.3, 0.4) is 0 Å². The van der Waals surface area contributed by atoms with Gasteiger partial charge in [0.05, 0.1) is 23.2 Å². The van der Waals surface area contributed by atoms with Gasteiger partial charge < -0.3 is 5.32 Å². The van der Waals surface area contributed by atoms with Gasteiger partial charge in [0.25, 0.3) is 5.56 Å². The normalized spacial score (nSPS) is 16.4. The topological polar surface area (TPSA) is 113 Å². The lowest BCUT2D eigenvalue weighted by molar-refractivity contribution is 0.366. The fourth-order valence-corrected chi connectivity index (χ4v) is 4.99. The minimum Gasteiger partial charge on any atom is -0.352 e. The van der Waals surface area contributed by atoms with Crippen LogP contribution in [0.15, 0.2) is 35.3 Å². The minimum atomic E-state index is -3.22. The number of sulfonamides is 1. The number of anilines is 2. The van der Waals surface area contributed by atoms with Crippen LogP contribution in [0.25, 0.3) is 11.0 Å². The summed E-state index contributed by atoms with van der Waals surface area (Å²) < 4.78 is 27.5. The third-order valence-electron chi connectivity index (χ3n) is 4.83. The second-order valence-corrected chi connectivity index (χ2v) is 10.2. The second-order valence-electron chi connectivity index (χ2n) is 8.14. The van der Waals surface area contributed by atoms with E-state index in [2.05, 4.69) is 20.4 Å². The van der Waals surface area contributed by atoms with E-state index >= 15 is 0 Å². The van der Waals surface area contributed by atoms with Crippen LogP contribution in [0.1, 0.15) is 32.8 Å². The molecule has 0 amide bonds. The summed E-state index contributed by atoms with van der Waals surface area (Å²) >= 11 is 0. The molecule has 1 aromatic carbocycles. The molecule has 0 spiro atoms. The van der Waals surface area contributed by atoms with Gasteiger partial charge in [0.2, 0.25) is 16.0 Å². The van der Waals surface area contributed by atoms with Crippen LogP contribution in [0, 0.1) is 0 Å². The fraction of sp³-hybridized carbons (Fsp3) is 0.421. The quantitative estimate of drug-likeness (QED) is 0.673. The van der Waals surface area contributed by atoms with Crippen molar-refractivity contribution < 1.29 is 8.42 Å². The average Bonchev–Trinajstić information content (AvgIpc) is 3.23. The van der Waals surface area contributed by atoms with E-state index in [4.69, 9.17) is 0 Å². The van der Waals surface area contributed by atoms with Gasteiger partial charge in [0.15, 0.2) is 5.65 Å². The van der Waals surface area contributed by atoms with Crippen molar-refractivity contribution in [2.24, 2.45) is 0 Å². The summed E-state index contributed by atoms with van der Waals surface area (Å²) in [7, 11) is -3.22. The van der Waals surface area contributed by atoms with Gasteiger partial charge in [-0.1, -0.05) is 12.1 Å². The molecule has 2 aromatic heterocycles. The van der Waals surface area contributed by atoms with E-state index in [1.54, 1.807) is 10.7 Å². The molecule has 0 radical (unpaired) electrons. The van der Waals surface area contributed by atoms with Gasteiger partial charge in [-0.15, -0.1) is 0 Å². The monoisotopic (exact) mass is 416 g/mol. The summed E-state index contributed by atoms with van der Waals surface area (Å²) in [6.07, 6.45) is 2.16. The van der Waals surface area contributed by atoms with E-state index < -0.39 is 10.0 Å². The van der Waals surface area contributed by atoms with Crippen LogP contribution in [0.2, 0.25) is 0 Å². The number of hydrogen-bond donors (Lipinski definition) is 2. The molecule has 1 aliphatic heterocycles.